The molecule has 10 nitrogen and oxygen atoms in total. The van der Waals surface area contributed by atoms with Gasteiger partial charge in [-0.05, 0) is 39.0 Å². The van der Waals surface area contributed by atoms with Crippen LogP contribution in [0.25, 0.3) is 22.3 Å². The molecule has 1 aliphatic heterocycles. The highest BCUT2D eigenvalue weighted by Crippen LogP contribution is 2.43. The number of carbonyl (C=O) groups is 1. The Balaban J connectivity index is 1.51. The number of fused-ring (bicyclic) bond motifs is 2. The zero-order valence-corrected chi connectivity index (χ0v) is 21.0. The van der Waals surface area contributed by atoms with Crippen molar-refractivity contribution < 1.29 is 27.4 Å². The molecule has 1 N–H and O–H groups in total. The van der Waals surface area contributed by atoms with Crippen molar-refractivity contribution in [2.24, 2.45) is 0 Å². The van der Waals surface area contributed by atoms with E-state index in [4.69, 9.17) is 0 Å². The summed E-state index contributed by atoms with van der Waals surface area (Å²) in [4.78, 5) is 34.5. The van der Waals surface area contributed by atoms with Crippen LogP contribution >= 0.6 is 0 Å². The van der Waals surface area contributed by atoms with E-state index in [2.05, 4.69) is 30.6 Å². The molecule has 1 aliphatic rings. The minimum atomic E-state index is -3.81. The molecule has 0 spiro atoms. The van der Waals surface area contributed by atoms with Crippen molar-refractivity contribution in [3.63, 3.8) is 0 Å². The molecule has 39 heavy (non-hydrogen) atoms. The smallest absolute Gasteiger partial charge is 0.395 e. The third-order valence-electron chi connectivity index (χ3n) is 6.33. The van der Waals surface area contributed by atoms with Gasteiger partial charge >= 0.3 is 6.29 Å². The minimum absolute atomic E-state index is 0.0583. The van der Waals surface area contributed by atoms with Crippen LogP contribution in [-0.4, -0.2) is 38.5 Å². The van der Waals surface area contributed by atoms with Crippen molar-refractivity contribution in [3.05, 3.63) is 64.5 Å². The molecule has 13 heteroatoms. The second-order valence-electron chi connectivity index (χ2n) is 9.31. The highest BCUT2D eigenvalue weighted by Gasteiger charge is 2.43. The van der Waals surface area contributed by atoms with Gasteiger partial charge in [0.05, 0.1) is 17.8 Å². The van der Waals surface area contributed by atoms with Crippen LogP contribution in [0.1, 0.15) is 26.3 Å². The Hall–Kier alpha value is -4.86. The van der Waals surface area contributed by atoms with Gasteiger partial charge in [-0.25, -0.2) is 14.1 Å². The summed E-state index contributed by atoms with van der Waals surface area (Å²) >= 11 is 0. The number of H-pyrrole nitrogens is 1. The molecule has 0 unspecified atom stereocenters. The lowest BCUT2D eigenvalue weighted by Gasteiger charge is -2.21. The van der Waals surface area contributed by atoms with Gasteiger partial charge in [0.25, 0.3) is 5.56 Å². The molecule has 0 radical (unpaired) electrons. The van der Waals surface area contributed by atoms with E-state index in [9.17, 15) is 23.6 Å². The predicted octanol–water partition coefficient (Wildman–Crippen LogP) is 4.10. The Morgan fingerprint density at radius 2 is 1.95 bits per heavy atom. The third-order valence-corrected chi connectivity index (χ3v) is 6.33. The topological polar surface area (TPSA) is 126 Å². The van der Waals surface area contributed by atoms with Crippen LogP contribution in [0.15, 0.2) is 47.5 Å². The zero-order valence-electron chi connectivity index (χ0n) is 21.0. The van der Waals surface area contributed by atoms with Crippen LogP contribution in [0.5, 0.6) is 11.5 Å². The Kier molecular flexibility index (Phi) is 6.05. The molecule has 3 heterocycles. The van der Waals surface area contributed by atoms with Gasteiger partial charge in [-0.1, -0.05) is 12.1 Å². The number of rotatable bonds is 6. The maximum atomic E-state index is 15.0. The number of benzene rings is 2. The van der Waals surface area contributed by atoms with Gasteiger partial charge < -0.3 is 19.4 Å². The van der Waals surface area contributed by atoms with Gasteiger partial charge in [-0.15, -0.1) is 8.78 Å². The van der Waals surface area contributed by atoms with Crippen molar-refractivity contribution in [1.29, 1.82) is 5.26 Å². The fraction of sp³-hybridized carbons (Fsp3) is 0.269. The summed E-state index contributed by atoms with van der Waals surface area (Å²) in [7, 11) is 0. The average Bonchev–Trinajstić information content (AvgIpc) is 3.49. The number of anilines is 1. The number of carbonyl (C=O) groups excluding carboxylic acids is 1. The molecule has 0 fully saturated rings. The highest BCUT2D eigenvalue weighted by atomic mass is 19.3. The fourth-order valence-electron chi connectivity index (χ4n) is 4.33. The van der Waals surface area contributed by atoms with E-state index in [1.165, 1.54) is 41.6 Å². The number of amides is 1. The van der Waals surface area contributed by atoms with E-state index in [0.717, 1.165) is 4.68 Å². The van der Waals surface area contributed by atoms with Gasteiger partial charge in [0, 0.05) is 29.4 Å². The first-order chi connectivity index (χ1) is 18.4. The molecule has 4 aromatic rings. The van der Waals surface area contributed by atoms with Crippen molar-refractivity contribution >= 4 is 22.6 Å². The maximum absolute atomic E-state index is 15.0. The highest BCUT2D eigenvalue weighted by molar-refractivity contribution is 5.94. The molecule has 0 bridgehead atoms. The number of nitrogens with one attached hydrogen (secondary N) is 1. The lowest BCUT2D eigenvalue weighted by molar-refractivity contribution is -0.286. The van der Waals surface area contributed by atoms with Crippen molar-refractivity contribution in [2.75, 3.05) is 11.4 Å². The number of likely N-dealkylation sites (N-methyl/N-ethyl adjacent to an activating group) is 1. The number of aromatic amines is 1. The Labute approximate surface area is 219 Å². The molecular weight excluding hydrogens is 517 g/mol. The van der Waals surface area contributed by atoms with Gasteiger partial charge in [0.1, 0.15) is 29.1 Å². The lowest BCUT2D eigenvalue weighted by Crippen LogP contribution is -2.37. The summed E-state index contributed by atoms with van der Waals surface area (Å²) in [5.74, 6) is -1.61. The molecule has 0 aliphatic carbocycles. The van der Waals surface area contributed by atoms with Gasteiger partial charge in [0.2, 0.25) is 5.91 Å². The number of imidazole rings is 1. The van der Waals surface area contributed by atoms with Crippen molar-refractivity contribution in [3.8, 4) is 28.8 Å². The van der Waals surface area contributed by atoms with E-state index in [-0.39, 0.29) is 51.6 Å². The Morgan fingerprint density at radius 3 is 2.64 bits per heavy atom. The van der Waals surface area contributed by atoms with Crippen molar-refractivity contribution in [2.45, 2.75) is 39.0 Å². The molecule has 0 atom stereocenters. The average molecular weight is 538 g/mol. The Morgan fingerprint density at radius 1 is 1.21 bits per heavy atom. The second-order valence-corrected chi connectivity index (χ2v) is 9.31. The Bertz CT molecular complexity index is 1720. The second kappa shape index (κ2) is 9.16. The first-order valence-corrected chi connectivity index (χ1v) is 11.8. The number of hydrogen-bond acceptors (Lipinski definition) is 7. The van der Waals surface area contributed by atoms with Crippen LogP contribution in [0, 0.1) is 17.1 Å². The molecule has 200 valence electrons. The molecule has 2 aromatic carbocycles. The number of nitriles is 1. The van der Waals surface area contributed by atoms with E-state index < -0.39 is 35.5 Å². The van der Waals surface area contributed by atoms with Crippen LogP contribution < -0.4 is 19.9 Å². The van der Waals surface area contributed by atoms with Gasteiger partial charge in [0.15, 0.2) is 11.5 Å². The van der Waals surface area contributed by atoms with Crippen LogP contribution in [-0.2, 0) is 16.8 Å². The molecule has 0 saturated carbocycles. The fourth-order valence-corrected chi connectivity index (χ4v) is 4.33. The summed E-state index contributed by atoms with van der Waals surface area (Å²) in [6, 6.07) is 10.2. The van der Waals surface area contributed by atoms with E-state index >= 15 is 4.39 Å². The van der Waals surface area contributed by atoms with Crippen molar-refractivity contribution in [1.82, 2.24) is 19.7 Å². The molecule has 1 amide bonds. The van der Waals surface area contributed by atoms with Gasteiger partial charge in [-0.2, -0.15) is 10.4 Å². The number of nitrogens with zero attached hydrogens (tertiary/aromatic N) is 5. The zero-order chi connectivity index (χ0) is 28.1. The number of hydrogen-bond donors (Lipinski definition) is 1. The monoisotopic (exact) mass is 538 g/mol. The quantitative estimate of drug-likeness (QED) is 0.392. The molecule has 2 aromatic heterocycles. The lowest BCUT2D eigenvalue weighted by atomic mass is 9.85. The predicted molar refractivity (Wildman–Crippen MR) is 133 cm³/mol. The van der Waals surface area contributed by atoms with E-state index in [0.29, 0.717) is 0 Å². The first kappa shape index (κ1) is 25.8. The molecular formula is C26H21F3N6O4. The summed E-state index contributed by atoms with van der Waals surface area (Å²) in [6.07, 6.45) is -2.52. The van der Waals surface area contributed by atoms with Crippen LogP contribution in [0.4, 0.5) is 18.9 Å². The number of aromatic nitrogens is 4. The summed E-state index contributed by atoms with van der Waals surface area (Å²) in [5, 5.41) is 13.7. The maximum Gasteiger partial charge on any atom is 0.586 e. The van der Waals surface area contributed by atoms with Gasteiger partial charge in [-0.3, -0.25) is 9.59 Å². The summed E-state index contributed by atoms with van der Waals surface area (Å²) < 4.78 is 51.7. The van der Waals surface area contributed by atoms with Crippen LogP contribution in [0.2, 0.25) is 0 Å². The number of halogens is 3. The molecule has 0 saturated heterocycles. The summed E-state index contributed by atoms with van der Waals surface area (Å²) in [5.41, 5.74) is -0.602. The largest absolute Gasteiger partial charge is 0.586 e. The first-order valence-electron chi connectivity index (χ1n) is 11.8. The number of alkyl halides is 2. The minimum Gasteiger partial charge on any atom is -0.395 e. The third kappa shape index (κ3) is 4.54. The van der Waals surface area contributed by atoms with E-state index in [1.54, 1.807) is 26.8 Å². The number of ether oxygens (including phenoxy) is 2. The SMILES string of the molecule is CCN(C(=O)Cn1nc(-c2ccc(C(C)(C)C#N)c(F)c2)c2nc[nH]c2c1=O)c1ccc2c(c1)OC(F)(F)O2. The van der Waals surface area contributed by atoms with Crippen LogP contribution in [0.3, 0.4) is 0 Å². The van der Waals surface area contributed by atoms with E-state index in [1.807, 2.05) is 0 Å². The standard InChI is InChI=1S/C26H21F3N6O4/c1-4-34(15-6-8-18-19(10-15)39-26(28,29)38-18)20(36)11-35-24(37)23-22(31-13-32-23)21(33-35)14-5-7-16(17(27)9-14)25(2,3)12-30/h5-10,13H,4,11H2,1-3H3,(H,31,32). The molecule has 5 rings (SSSR count). The normalized spacial score (nSPS) is 13.9. The summed E-state index contributed by atoms with van der Waals surface area (Å²) in [6.45, 7) is 4.48.